The summed E-state index contributed by atoms with van der Waals surface area (Å²) in [6.45, 7) is 5.99. The van der Waals surface area contributed by atoms with Crippen LogP contribution in [0, 0.1) is 13.8 Å². The van der Waals surface area contributed by atoms with Crippen LogP contribution in [0.4, 0.5) is 5.69 Å². The molecule has 0 fully saturated rings. The van der Waals surface area contributed by atoms with Gasteiger partial charge < -0.3 is 10.2 Å². The first-order valence-electron chi connectivity index (χ1n) is 13.4. The lowest BCUT2D eigenvalue weighted by Gasteiger charge is -2.33. The number of hydrogen-bond acceptors (Lipinski definition) is 4. The molecule has 2 amide bonds. The van der Waals surface area contributed by atoms with Crippen LogP contribution in [0.15, 0.2) is 72.8 Å². The number of anilines is 1. The van der Waals surface area contributed by atoms with Crippen molar-refractivity contribution in [3.63, 3.8) is 0 Å². The van der Waals surface area contributed by atoms with Gasteiger partial charge in [-0.15, -0.1) is 0 Å². The first-order chi connectivity index (χ1) is 19.0. The van der Waals surface area contributed by atoms with Gasteiger partial charge in [-0.3, -0.25) is 13.9 Å². The summed E-state index contributed by atoms with van der Waals surface area (Å²) in [5.41, 5.74) is 3.87. The minimum atomic E-state index is -3.85. The molecule has 0 aliphatic rings. The average Bonchev–Trinajstić information content (AvgIpc) is 2.92. The summed E-state index contributed by atoms with van der Waals surface area (Å²) in [6.07, 6.45) is 3.06. The van der Waals surface area contributed by atoms with Gasteiger partial charge in [-0.1, -0.05) is 91.2 Å². The second-order valence-corrected chi connectivity index (χ2v) is 12.4. The average molecular weight is 584 g/mol. The van der Waals surface area contributed by atoms with Crippen molar-refractivity contribution in [1.29, 1.82) is 0 Å². The molecule has 3 aromatic carbocycles. The van der Waals surface area contributed by atoms with Crippen LogP contribution in [-0.2, 0) is 32.6 Å². The zero-order valence-electron chi connectivity index (χ0n) is 23.6. The van der Waals surface area contributed by atoms with E-state index in [1.165, 1.54) is 11.0 Å². The number of aryl methyl sites for hydroxylation is 2. The van der Waals surface area contributed by atoms with Gasteiger partial charge in [-0.25, -0.2) is 8.42 Å². The fourth-order valence-corrected chi connectivity index (χ4v) is 5.32. The lowest BCUT2D eigenvalue weighted by atomic mass is 10.0. The minimum absolute atomic E-state index is 0.143. The van der Waals surface area contributed by atoms with Crippen LogP contribution in [0.3, 0.4) is 0 Å². The molecule has 40 heavy (non-hydrogen) atoms. The molecule has 0 heterocycles. The Bertz CT molecular complexity index is 1400. The molecule has 0 aliphatic carbocycles. The molecule has 3 aromatic rings. The maximum absolute atomic E-state index is 14.1. The predicted octanol–water partition coefficient (Wildman–Crippen LogP) is 5.28. The fraction of sp³-hybridized carbons (Fsp3) is 0.355. The van der Waals surface area contributed by atoms with Crippen LogP contribution in [-0.4, -0.2) is 50.5 Å². The third kappa shape index (κ3) is 8.83. The Morgan fingerprint density at radius 3 is 2.23 bits per heavy atom. The van der Waals surface area contributed by atoms with E-state index in [0.717, 1.165) is 45.7 Å². The van der Waals surface area contributed by atoms with Crippen molar-refractivity contribution in [2.75, 3.05) is 23.7 Å². The number of rotatable bonds is 13. The van der Waals surface area contributed by atoms with Crippen molar-refractivity contribution in [1.82, 2.24) is 10.2 Å². The van der Waals surface area contributed by atoms with Crippen molar-refractivity contribution >= 4 is 39.1 Å². The SMILES string of the molecule is CCCCNC(=O)[C@H](Cc1ccccc1)N(Cc1ccc(C)cc1)C(=O)CN(c1ccc(C)c(Cl)c1)S(C)(=O)=O. The quantitative estimate of drug-likeness (QED) is 0.277. The van der Waals surface area contributed by atoms with E-state index in [1.54, 1.807) is 12.1 Å². The van der Waals surface area contributed by atoms with E-state index in [0.29, 0.717) is 11.6 Å². The third-order valence-corrected chi connectivity index (χ3v) is 8.24. The lowest BCUT2D eigenvalue weighted by Crippen LogP contribution is -2.53. The molecule has 1 N–H and O–H groups in total. The van der Waals surface area contributed by atoms with Gasteiger partial charge in [-0.2, -0.15) is 0 Å². The number of benzene rings is 3. The van der Waals surface area contributed by atoms with E-state index in [-0.39, 0.29) is 24.6 Å². The third-order valence-electron chi connectivity index (χ3n) is 6.70. The zero-order chi connectivity index (χ0) is 29.3. The summed E-state index contributed by atoms with van der Waals surface area (Å²) in [7, 11) is -3.85. The van der Waals surface area contributed by atoms with Gasteiger partial charge in [0.2, 0.25) is 21.8 Å². The molecule has 1 atom stereocenters. The smallest absolute Gasteiger partial charge is 0.244 e. The maximum atomic E-state index is 14.1. The number of nitrogens with zero attached hydrogens (tertiary/aromatic N) is 2. The van der Waals surface area contributed by atoms with Crippen LogP contribution in [0.25, 0.3) is 0 Å². The summed E-state index contributed by atoms with van der Waals surface area (Å²) < 4.78 is 26.8. The Morgan fingerprint density at radius 1 is 0.950 bits per heavy atom. The zero-order valence-corrected chi connectivity index (χ0v) is 25.1. The largest absolute Gasteiger partial charge is 0.354 e. The summed E-state index contributed by atoms with van der Waals surface area (Å²) in [5, 5.41) is 3.38. The molecular formula is C31H38ClN3O4S. The molecule has 0 saturated heterocycles. The number of sulfonamides is 1. The Kier molecular flexibility index (Phi) is 11.2. The molecule has 3 rings (SSSR count). The van der Waals surface area contributed by atoms with E-state index in [9.17, 15) is 18.0 Å². The molecule has 0 aliphatic heterocycles. The molecular weight excluding hydrogens is 546 g/mol. The number of halogens is 1. The van der Waals surface area contributed by atoms with E-state index in [2.05, 4.69) is 5.32 Å². The molecule has 9 heteroatoms. The highest BCUT2D eigenvalue weighted by molar-refractivity contribution is 7.92. The van der Waals surface area contributed by atoms with Crippen molar-refractivity contribution in [3.8, 4) is 0 Å². The highest BCUT2D eigenvalue weighted by Gasteiger charge is 2.33. The van der Waals surface area contributed by atoms with Gasteiger partial charge in [0.15, 0.2) is 0 Å². The summed E-state index contributed by atoms with van der Waals surface area (Å²) >= 11 is 6.30. The van der Waals surface area contributed by atoms with Crippen LogP contribution in [0.1, 0.15) is 42.0 Å². The summed E-state index contributed by atoms with van der Waals surface area (Å²) in [6, 6.07) is 21.2. The number of hydrogen-bond donors (Lipinski definition) is 1. The van der Waals surface area contributed by atoms with Crippen LogP contribution >= 0.6 is 11.6 Å². The second kappa shape index (κ2) is 14.3. The predicted molar refractivity (Wildman–Crippen MR) is 162 cm³/mol. The number of amides is 2. The Labute approximate surface area is 243 Å². The Morgan fingerprint density at radius 2 is 1.62 bits per heavy atom. The number of unbranched alkanes of at least 4 members (excludes halogenated alkanes) is 1. The van der Waals surface area contributed by atoms with Crippen molar-refractivity contribution in [2.45, 2.75) is 52.6 Å². The molecule has 214 valence electrons. The van der Waals surface area contributed by atoms with E-state index in [4.69, 9.17) is 11.6 Å². The van der Waals surface area contributed by atoms with Crippen molar-refractivity contribution in [2.24, 2.45) is 0 Å². The van der Waals surface area contributed by atoms with Gasteiger partial charge in [0.1, 0.15) is 12.6 Å². The van der Waals surface area contributed by atoms with E-state index >= 15 is 0 Å². The van der Waals surface area contributed by atoms with Crippen molar-refractivity contribution in [3.05, 3.63) is 100 Å². The summed E-state index contributed by atoms with van der Waals surface area (Å²) in [4.78, 5) is 29.2. The normalized spacial score (nSPS) is 12.0. The summed E-state index contributed by atoms with van der Waals surface area (Å²) in [5.74, 6) is -0.767. The van der Waals surface area contributed by atoms with Crippen LogP contribution in [0.5, 0.6) is 0 Å². The van der Waals surface area contributed by atoms with Crippen molar-refractivity contribution < 1.29 is 18.0 Å². The molecule has 0 saturated carbocycles. The standard InChI is InChI=1S/C31H38ClN3O4S/c1-5-6-18-33-31(37)29(19-25-10-8-7-9-11-25)34(21-26-15-12-23(2)13-16-26)30(36)22-35(40(4,38)39)27-17-14-24(3)28(32)20-27/h7-17,20,29H,5-6,18-19,21-22H2,1-4H3,(H,33,37)/t29-/m0/s1. The lowest BCUT2D eigenvalue weighted by molar-refractivity contribution is -0.140. The molecule has 0 aromatic heterocycles. The second-order valence-electron chi connectivity index (χ2n) is 10.1. The van der Waals surface area contributed by atoms with Gasteiger partial charge in [0.05, 0.1) is 11.9 Å². The number of carbonyl (C=O) groups is 2. The highest BCUT2D eigenvalue weighted by Crippen LogP contribution is 2.25. The molecule has 0 unspecified atom stereocenters. The molecule has 0 bridgehead atoms. The van der Waals surface area contributed by atoms with E-state index in [1.807, 2.05) is 75.4 Å². The fourth-order valence-electron chi connectivity index (χ4n) is 4.30. The first kappa shape index (κ1) is 31.2. The number of carbonyl (C=O) groups excluding carboxylic acids is 2. The van der Waals surface area contributed by atoms with Gasteiger partial charge >= 0.3 is 0 Å². The minimum Gasteiger partial charge on any atom is -0.354 e. The Balaban J connectivity index is 2.03. The van der Waals surface area contributed by atoms with Crippen LogP contribution in [0.2, 0.25) is 5.02 Å². The first-order valence-corrected chi connectivity index (χ1v) is 15.6. The van der Waals surface area contributed by atoms with Gasteiger partial charge in [0, 0.05) is 24.5 Å². The molecule has 7 nitrogen and oxygen atoms in total. The van der Waals surface area contributed by atoms with Gasteiger partial charge in [0.25, 0.3) is 0 Å². The maximum Gasteiger partial charge on any atom is 0.244 e. The van der Waals surface area contributed by atoms with E-state index < -0.39 is 28.5 Å². The van der Waals surface area contributed by atoms with Crippen LogP contribution < -0.4 is 9.62 Å². The monoisotopic (exact) mass is 583 g/mol. The Hall–Kier alpha value is -3.36. The number of nitrogens with one attached hydrogen (secondary N) is 1. The van der Waals surface area contributed by atoms with Gasteiger partial charge in [-0.05, 0) is 49.1 Å². The molecule has 0 radical (unpaired) electrons. The molecule has 0 spiro atoms. The topological polar surface area (TPSA) is 86.8 Å². The highest BCUT2D eigenvalue weighted by atomic mass is 35.5.